The van der Waals surface area contributed by atoms with Gasteiger partial charge in [0.15, 0.2) is 0 Å². The standard InChI is InChI=1S/C14H20N2O2S/c1-18-9-6-7-11(15)10(8-9)14(17)16-12-4-3-5-13(12)19-2/h6-8,12-13H,3-5,15H2,1-2H3,(H,16,17). The first-order chi connectivity index (χ1) is 9.15. The first-order valence-electron chi connectivity index (χ1n) is 6.43. The number of benzene rings is 1. The zero-order chi connectivity index (χ0) is 13.8. The number of carbonyl (C=O) groups excluding carboxylic acids is 1. The van der Waals surface area contributed by atoms with E-state index < -0.39 is 0 Å². The van der Waals surface area contributed by atoms with Crippen LogP contribution in [0.5, 0.6) is 5.75 Å². The highest BCUT2D eigenvalue weighted by molar-refractivity contribution is 7.99. The lowest BCUT2D eigenvalue weighted by molar-refractivity contribution is 0.0939. The number of methoxy groups -OCH3 is 1. The van der Waals surface area contributed by atoms with Crippen molar-refractivity contribution in [2.24, 2.45) is 0 Å². The van der Waals surface area contributed by atoms with Crippen LogP contribution in [0, 0.1) is 0 Å². The third kappa shape index (κ3) is 3.15. The number of nitrogens with one attached hydrogen (secondary N) is 1. The maximum atomic E-state index is 12.3. The van der Waals surface area contributed by atoms with Crippen LogP contribution in [0.1, 0.15) is 29.6 Å². The molecule has 1 aliphatic rings. The Balaban J connectivity index is 2.11. The largest absolute Gasteiger partial charge is 0.497 e. The average molecular weight is 280 g/mol. The summed E-state index contributed by atoms with van der Waals surface area (Å²) in [6.07, 6.45) is 5.47. The maximum absolute atomic E-state index is 12.3. The van der Waals surface area contributed by atoms with Gasteiger partial charge in [0, 0.05) is 17.0 Å². The number of anilines is 1. The van der Waals surface area contributed by atoms with E-state index in [1.54, 1.807) is 25.3 Å². The van der Waals surface area contributed by atoms with Gasteiger partial charge >= 0.3 is 0 Å². The van der Waals surface area contributed by atoms with Crippen LogP contribution in [0.3, 0.4) is 0 Å². The van der Waals surface area contributed by atoms with Crippen molar-refractivity contribution in [3.63, 3.8) is 0 Å². The molecule has 1 aromatic rings. The fraction of sp³-hybridized carbons (Fsp3) is 0.500. The number of nitrogen functional groups attached to an aromatic ring is 1. The predicted octanol–water partition coefficient (Wildman–Crippen LogP) is 2.29. The molecule has 4 nitrogen and oxygen atoms in total. The van der Waals surface area contributed by atoms with E-state index in [9.17, 15) is 4.79 Å². The summed E-state index contributed by atoms with van der Waals surface area (Å²) in [6.45, 7) is 0. The van der Waals surface area contributed by atoms with E-state index in [0.29, 0.717) is 22.3 Å². The number of hydrogen-bond donors (Lipinski definition) is 2. The lowest BCUT2D eigenvalue weighted by Gasteiger charge is -2.19. The van der Waals surface area contributed by atoms with Crippen LogP contribution >= 0.6 is 11.8 Å². The minimum Gasteiger partial charge on any atom is -0.497 e. The molecule has 1 aromatic carbocycles. The molecule has 1 aliphatic carbocycles. The van der Waals surface area contributed by atoms with Crippen molar-refractivity contribution in [2.45, 2.75) is 30.6 Å². The van der Waals surface area contributed by atoms with Crippen LogP contribution < -0.4 is 15.8 Å². The molecule has 0 saturated heterocycles. The van der Waals surface area contributed by atoms with Gasteiger partial charge in [0.2, 0.25) is 0 Å². The van der Waals surface area contributed by atoms with Gasteiger partial charge in [-0.05, 0) is 37.3 Å². The fourth-order valence-electron chi connectivity index (χ4n) is 2.48. The van der Waals surface area contributed by atoms with E-state index in [1.807, 2.05) is 11.8 Å². The topological polar surface area (TPSA) is 64.3 Å². The van der Waals surface area contributed by atoms with Crippen LogP contribution in [0.15, 0.2) is 18.2 Å². The zero-order valence-electron chi connectivity index (χ0n) is 11.3. The lowest BCUT2D eigenvalue weighted by atomic mass is 10.1. The molecular formula is C14H20N2O2S. The van der Waals surface area contributed by atoms with Gasteiger partial charge in [-0.1, -0.05) is 6.42 Å². The second kappa shape index (κ2) is 6.19. The second-order valence-corrected chi connectivity index (χ2v) is 5.82. The summed E-state index contributed by atoms with van der Waals surface area (Å²) in [5, 5.41) is 3.60. The van der Waals surface area contributed by atoms with Crippen molar-refractivity contribution < 1.29 is 9.53 Å². The Morgan fingerprint density at radius 3 is 2.95 bits per heavy atom. The Morgan fingerprint density at radius 1 is 1.47 bits per heavy atom. The van der Waals surface area contributed by atoms with Gasteiger partial charge in [-0.25, -0.2) is 0 Å². The summed E-state index contributed by atoms with van der Waals surface area (Å²) in [5.41, 5.74) is 6.84. The van der Waals surface area contributed by atoms with E-state index in [4.69, 9.17) is 10.5 Å². The fourth-order valence-corrected chi connectivity index (χ4v) is 3.41. The molecule has 2 rings (SSSR count). The highest BCUT2D eigenvalue weighted by atomic mass is 32.2. The first-order valence-corrected chi connectivity index (χ1v) is 7.71. The van der Waals surface area contributed by atoms with Crippen molar-refractivity contribution in [2.75, 3.05) is 19.1 Å². The summed E-state index contributed by atoms with van der Waals surface area (Å²) < 4.78 is 5.13. The summed E-state index contributed by atoms with van der Waals surface area (Å²) >= 11 is 1.82. The van der Waals surface area contributed by atoms with Crippen molar-refractivity contribution >= 4 is 23.4 Å². The SMILES string of the molecule is COc1ccc(N)c(C(=O)NC2CCCC2SC)c1. The van der Waals surface area contributed by atoms with Crippen molar-refractivity contribution in [1.82, 2.24) is 5.32 Å². The third-order valence-corrected chi connectivity index (χ3v) is 4.75. The van der Waals surface area contributed by atoms with Crippen LogP contribution in [-0.2, 0) is 0 Å². The number of ether oxygens (including phenoxy) is 1. The van der Waals surface area contributed by atoms with Crippen LogP contribution in [0.25, 0.3) is 0 Å². The third-order valence-electron chi connectivity index (χ3n) is 3.58. The monoisotopic (exact) mass is 280 g/mol. The molecular weight excluding hydrogens is 260 g/mol. The number of hydrogen-bond acceptors (Lipinski definition) is 4. The van der Waals surface area contributed by atoms with E-state index in [1.165, 1.54) is 12.8 Å². The lowest BCUT2D eigenvalue weighted by Crippen LogP contribution is -2.38. The number of rotatable bonds is 4. The van der Waals surface area contributed by atoms with Crippen LogP contribution in [0.2, 0.25) is 0 Å². The highest BCUT2D eigenvalue weighted by Gasteiger charge is 2.28. The molecule has 19 heavy (non-hydrogen) atoms. The van der Waals surface area contributed by atoms with Gasteiger partial charge < -0.3 is 15.8 Å². The van der Waals surface area contributed by atoms with Gasteiger partial charge in [0.25, 0.3) is 5.91 Å². The minimum absolute atomic E-state index is 0.109. The molecule has 104 valence electrons. The number of carbonyl (C=O) groups is 1. The van der Waals surface area contributed by atoms with E-state index in [0.717, 1.165) is 6.42 Å². The normalized spacial score (nSPS) is 22.2. The Bertz CT molecular complexity index is 465. The van der Waals surface area contributed by atoms with Gasteiger partial charge in [-0.3, -0.25) is 4.79 Å². The summed E-state index contributed by atoms with van der Waals surface area (Å²) in [6, 6.07) is 5.39. The Labute approximate surface area is 118 Å². The first kappa shape index (κ1) is 14.1. The van der Waals surface area contributed by atoms with Crippen LogP contribution in [-0.4, -0.2) is 30.6 Å². The summed E-state index contributed by atoms with van der Waals surface area (Å²) in [4.78, 5) is 12.3. The molecule has 2 unspecified atom stereocenters. The van der Waals surface area contributed by atoms with Gasteiger partial charge in [0.05, 0.1) is 12.7 Å². The molecule has 1 saturated carbocycles. The molecule has 1 amide bonds. The number of thioether (sulfide) groups is 1. The van der Waals surface area contributed by atoms with Gasteiger partial charge in [-0.2, -0.15) is 11.8 Å². The molecule has 0 spiro atoms. The van der Waals surface area contributed by atoms with Crippen molar-refractivity contribution in [3.8, 4) is 5.75 Å². The summed E-state index contributed by atoms with van der Waals surface area (Å²) in [5.74, 6) is 0.537. The average Bonchev–Trinajstić information content (AvgIpc) is 2.86. The zero-order valence-corrected chi connectivity index (χ0v) is 12.1. The van der Waals surface area contributed by atoms with Gasteiger partial charge in [0.1, 0.15) is 5.75 Å². The number of amides is 1. The Morgan fingerprint density at radius 2 is 2.26 bits per heavy atom. The highest BCUT2D eigenvalue weighted by Crippen LogP contribution is 2.29. The molecule has 3 N–H and O–H groups in total. The van der Waals surface area contributed by atoms with Crippen molar-refractivity contribution in [3.05, 3.63) is 23.8 Å². The van der Waals surface area contributed by atoms with E-state index in [2.05, 4.69) is 11.6 Å². The molecule has 0 bridgehead atoms. The molecule has 0 aliphatic heterocycles. The molecule has 0 aromatic heterocycles. The maximum Gasteiger partial charge on any atom is 0.253 e. The molecule has 0 heterocycles. The molecule has 0 radical (unpaired) electrons. The molecule has 5 heteroatoms. The summed E-state index contributed by atoms with van der Waals surface area (Å²) in [7, 11) is 1.58. The smallest absolute Gasteiger partial charge is 0.253 e. The van der Waals surface area contributed by atoms with E-state index in [-0.39, 0.29) is 11.9 Å². The molecule has 1 fully saturated rings. The second-order valence-electron chi connectivity index (χ2n) is 4.74. The van der Waals surface area contributed by atoms with E-state index >= 15 is 0 Å². The molecule has 2 atom stereocenters. The van der Waals surface area contributed by atoms with Crippen LogP contribution in [0.4, 0.5) is 5.69 Å². The van der Waals surface area contributed by atoms with Gasteiger partial charge in [-0.15, -0.1) is 0 Å². The number of nitrogens with two attached hydrogens (primary N) is 1. The van der Waals surface area contributed by atoms with Crippen molar-refractivity contribution in [1.29, 1.82) is 0 Å². The predicted molar refractivity (Wildman–Crippen MR) is 79.8 cm³/mol. The minimum atomic E-state index is -0.109. The Kier molecular flexibility index (Phi) is 4.58. The quantitative estimate of drug-likeness (QED) is 0.831. The Hall–Kier alpha value is -1.36.